The third-order valence-electron chi connectivity index (χ3n) is 3.23. The summed E-state index contributed by atoms with van der Waals surface area (Å²) in [6.45, 7) is 0. The number of hydrogen-bond donors (Lipinski definition) is 2. The molecular formula is C14H17NO4. The molecule has 1 heterocycles. The zero-order valence-corrected chi connectivity index (χ0v) is 10.8. The Labute approximate surface area is 111 Å². The summed E-state index contributed by atoms with van der Waals surface area (Å²) < 4.78 is 4.54. The van der Waals surface area contributed by atoms with E-state index < -0.39 is 6.10 Å². The number of nitrogens with one attached hydrogen (secondary N) is 1. The summed E-state index contributed by atoms with van der Waals surface area (Å²) in [5.41, 5.74) is 2.50. The van der Waals surface area contributed by atoms with Crippen molar-refractivity contribution in [1.82, 2.24) is 0 Å². The molecule has 1 amide bonds. The maximum absolute atomic E-state index is 11.2. The van der Waals surface area contributed by atoms with Crippen molar-refractivity contribution in [2.24, 2.45) is 0 Å². The minimum absolute atomic E-state index is 0.0210. The Balaban J connectivity index is 1.93. The first-order valence-corrected chi connectivity index (χ1v) is 6.27. The normalized spacial score (nSPS) is 14.7. The predicted molar refractivity (Wildman–Crippen MR) is 69.6 cm³/mol. The van der Waals surface area contributed by atoms with Crippen molar-refractivity contribution < 1.29 is 19.4 Å². The van der Waals surface area contributed by atoms with Crippen LogP contribution in [0.3, 0.4) is 0 Å². The average molecular weight is 263 g/mol. The molecule has 0 aromatic heterocycles. The molecule has 5 heteroatoms. The molecule has 19 heavy (non-hydrogen) atoms. The zero-order chi connectivity index (χ0) is 13.8. The molecule has 1 aliphatic heterocycles. The van der Waals surface area contributed by atoms with Gasteiger partial charge in [-0.1, -0.05) is 12.1 Å². The number of aliphatic hydroxyl groups excluding tert-OH is 1. The average Bonchev–Trinajstić information content (AvgIpc) is 2.77. The van der Waals surface area contributed by atoms with Crippen molar-refractivity contribution in [2.45, 2.75) is 31.8 Å². The summed E-state index contributed by atoms with van der Waals surface area (Å²) in [7, 11) is 1.35. The van der Waals surface area contributed by atoms with Crippen molar-refractivity contribution in [3.05, 3.63) is 29.3 Å². The fourth-order valence-corrected chi connectivity index (χ4v) is 2.16. The maximum atomic E-state index is 11.2. The number of amides is 1. The van der Waals surface area contributed by atoms with E-state index in [1.165, 1.54) is 7.11 Å². The van der Waals surface area contributed by atoms with E-state index >= 15 is 0 Å². The van der Waals surface area contributed by atoms with Crippen LogP contribution in [0.1, 0.15) is 36.5 Å². The van der Waals surface area contributed by atoms with Crippen LogP contribution in [-0.4, -0.2) is 24.1 Å². The van der Waals surface area contributed by atoms with Crippen LogP contribution < -0.4 is 5.32 Å². The molecule has 0 saturated heterocycles. The van der Waals surface area contributed by atoms with Crippen LogP contribution in [-0.2, 0) is 20.7 Å². The number of methoxy groups -OCH3 is 1. The molecule has 2 N–H and O–H groups in total. The summed E-state index contributed by atoms with van der Waals surface area (Å²) in [6, 6.07) is 5.45. The van der Waals surface area contributed by atoms with Gasteiger partial charge in [-0.25, -0.2) is 0 Å². The van der Waals surface area contributed by atoms with Gasteiger partial charge in [0, 0.05) is 12.1 Å². The molecule has 2 rings (SSSR count). The van der Waals surface area contributed by atoms with Gasteiger partial charge in [0.25, 0.3) is 0 Å². The van der Waals surface area contributed by atoms with Crippen LogP contribution in [0.15, 0.2) is 18.2 Å². The SMILES string of the molecule is COC(=O)CCCC(O)c1ccc2c(c1)CC(=O)N2. The van der Waals surface area contributed by atoms with Gasteiger partial charge in [0.15, 0.2) is 0 Å². The first-order chi connectivity index (χ1) is 9.10. The van der Waals surface area contributed by atoms with E-state index in [0.717, 1.165) is 16.8 Å². The Kier molecular flexibility index (Phi) is 4.16. The summed E-state index contributed by atoms with van der Waals surface area (Å²) in [5.74, 6) is -0.289. The van der Waals surface area contributed by atoms with E-state index in [1.807, 2.05) is 6.07 Å². The van der Waals surface area contributed by atoms with Gasteiger partial charge >= 0.3 is 5.97 Å². The predicted octanol–water partition coefficient (Wildman–Crippen LogP) is 1.56. The standard InChI is InChI=1S/C14H17NO4/c1-19-14(18)4-2-3-12(16)9-5-6-11-10(7-9)8-13(17)15-11/h5-7,12,16H,2-4,8H2,1H3,(H,15,17). The summed E-state index contributed by atoms with van der Waals surface area (Å²) >= 11 is 0. The number of aliphatic hydroxyl groups is 1. The highest BCUT2D eigenvalue weighted by Crippen LogP contribution is 2.28. The quantitative estimate of drug-likeness (QED) is 0.790. The number of ether oxygens (including phenoxy) is 1. The van der Waals surface area contributed by atoms with Gasteiger partial charge in [-0.05, 0) is 30.0 Å². The number of hydrogen-bond acceptors (Lipinski definition) is 4. The molecule has 1 aromatic rings. The topological polar surface area (TPSA) is 75.6 Å². The van der Waals surface area contributed by atoms with Gasteiger partial charge in [0.1, 0.15) is 0 Å². The van der Waals surface area contributed by atoms with E-state index in [4.69, 9.17) is 0 Å². The molecule has 1 unspecified atom stereocenters. The number of fused-ring (bicyclic) bond motifs is 1. The zero-order valence-electron chi connectivity index (χ0n) is 10.8. The number of anilines is 1. The Bertz CT molecular complexity index is 498. The third kappa shape index (κ3) is 3.32. The third-order valence-corrected chi connectivity index (χ3v) is 3.23. The minimum Gasteiger partial charge on any atom is -0.469 e. The molecule has 1 atom stereocenters. The highest BCUT2D eigenvalue weighted by atomic mass is 16.5. The van der Waals surface area contributed by atoms with Crippen molar-refractivity contribution in [2.75, 3.05) is 12.4 Å². The Morgan fingerprint density at radius 1 is 1.53 bits per heavy atom. The van der Waals surface area contributed by atoms with E-state index in [-0.39, 0.29) is 11.9 Å². The van der Waals surface area contributed by atoms with Crippen molar-refractivity contribution in [3.8, 4) is 0 Å². The second-order valence-corrected chi connectivity index (χ2v) is 4.63. The van der Waals surface area contributed by atoms with Gasteiger partial charge in [0.05, 0.1) is 19.6 Å². The maximum Gasteiger partial charge on any atom is 0.305 e. The lowest BCUT2D eigenvalue weighted by Crippen LogP contribution is -2.03. The molecule has 0 bridgehead atoms. The van der Waals surface area contributed by atoms with E-state index in [9.17, 15) is 14.7 Å². The minimum atomic E-state index is -0.620. The molecule has 1 aliphatic rings. The summed E-state index contributed by atoms with van der Waals surface area (Å²) in [5, 5.41) is 12.8. The van der Waals surface area contributed by atoms with Crippen molar-refractivity contribution in [1.29, 1.82) is 0 Å². The van der Waals surface area contributed by atoms with Crippen LogP contribution in [0.4, 0.5) is 5.69 Å². The second kappa shape index (κ2) is 5.84. The van der Waals surface area contributed by atoms with Crippen LogP contribution in [0.25, 0.3) is 0 Å². The Hall–Kier alpha value is -1.88. The molecule has 0 aliphatic carbocycles. The summed E-state index contributed by atoms with van der Waals surface area (Å²) in [4.78, 5) is 22.2. The molecule has 0 radical (unpaired) electrons. The lowest BCUT2D eigenvalue weighted by atomic mass is 10.0. The number of carbonyl (C=O) groups is 2. The van der Waals surface area contributed by atoms with Crippen LogP contribution in [0.5, 0.6) is 0 Å². The molecule has 0 spiro atoms. The summed E-state index contributed by atoms with van der Waals surface area (Å²) in [6.07, 6.45) is 1.11. The number of benzene rings is 1. The molecular weight excluding hydrogens is 246 g/mol. The largest absolute Gasteiger partial charge is 0.469 e. The van der Waals surface area contributed by atoms with Crippen molar-refractivity contribution >= 4 is 17.6 Å². The smallest absolute Gasteiger partial charge is 0.305 e. The fourth-order valence-electron chi connectivity index (χ4n) is 2.16. The first kappa shape index (κ1) is 13.5. The van der Waals surface area contributed by atoms with Gasteiger partial charge in [-0.15, -0.1) is 0 Å². The Morgan fingerprint density at radius 3 is 3.05 bits per heavy atom. The first-order valence-electron chi connectivity index (χ1n) is 6.27. The van der Waals surface area contributed by atoms with E-state index in [1.54, 1.807) is 12.1 Å². The molecule has 102 valence electrons. The molecule has 1 aromatic carbocycles. The number of rotatable bonds is 5. The van der Waals surface area contributed by atoms with E-state index in [2.05, 4.69) is 10.1 Å². The van der Waals surface area contributed by atoms with Crippen molar-refractivity contribution in [3.63, 3.8) is 0 Å². The fraction of sp³-hybridized carbons (Fsp3) is 0.429. The number of esters is 1. The van der Waals surface area contributed by atoms with Gasteiger partial charge in [-0.3, -0.25) is 9.59 Å². The lowest BCUT2D eigenvalue weighted by molar-refractivity contribution is -0.140. The monoisotopic (exact) mass is 263 g/mol. The van der Waals surface area contributed by atoms with Gasteiger partial charge in [-0.2, -0.15) is 0 Å². The van der Waals surface area contributed by atoms with Gasteiger partial charge < -0.3 is 15.2 Å². The van der Waals surface area contributed by atoms with Crippen LogP contribution in [0.2, 0.25) is 0 Å². The van der Waals surface area contributed by atoms with E-state index in [0.29, 0.717) is 25.7 Å². The molecule has 0 saturated carbocycles. The molecule has 0 fully saturated rings. The highest BCUT2D eigenvalue weighted by Gasteiger charge is 2.19. The van der Waals surface area contributed by atoms with Crippen LogP contribution in [0, 0.1) is 0 Å². The number of carbonyl (C=O) groups excluding carboxylic acids is 2. The van der Waals surface area contributed by atoms with Crippen LogP contribution >= 0.6 is 0 Å². The Morgan fingerprint density at radius 2 is 2.32 bits per heavy atom. The lowest BCUT2D eigenvalue weighted by Gasteiger charge is -2.11. The molecule has 5 nitrogen and oxygen atoms in total. The second-order valence-electron chi connectivity index (χ2n) is 4.63. The van der Waals surface area contributed by atoms with Gasteiger partial charge in [0.2, 0.25) is 5.91 Å². The highest BCUT2D eigenvalue weighted by molar-refractivity contribution is 5.99.